The molecule has 0 fully saturated rings. The van der Waals surface area contributed by atoms with Gasteiger partial charge in [0.25, 0.3) is 5.91 Å². The maximum Gasteiger partial charge on any atom is 0.318 e. The monoisotopic (exact) mass is 313 g/mol. The molecule has 0 radical (unpaired) electrons. The molecule has 2 aromatic rings. The number of fused-ring (bicyclic) bond motifs is 1. The Morgan fingerprint density at radius 2 is 2.17 bits per heavy atom. The summed E-state index contributed by atoms with van der Waals surface area (Å²) in [5.41, 5.74) is 3.32. The Bertz CT molecular complexity index is 753. The van der Waals surface area contributed by atoms with Crippen LogP contribution in [0.3, 0.4) is 0 Å². The topological polar surface area (TPSA) is 90.1 Å². The van der Waals surface area contributed by atoms with Crippen LogP contribution >= 0.6 is 0 Å². The second-order valence-corrected chi connectivity index (χ2v) is 5.54. The third kappa shape index (κ3) is 3.03. The molecule has 0 bridgehead atoms. The Hall–Kier alpha value is -2.83. The molecule has 0 atom stereocenters. The first kappa shape index (κ1) is 15.1. The SMILES string of the molecule is CCNC(=O)N1Cc2[nH]nc(NC(=O)c3cccc(C)c3)c2C1. The van der Waals surface area contributed by atoms with E-state index < -0.39 is 0 Å². The van der Waals surface area contributed by atoms with Crippen LogP contribution in [0, 0.1) is 6.92 Å². The number of carbonyl (C=O) groups is 2. The Morgan fingerprint density at radius 1 is 1.35 bits per heavy atom. The number of hydrogen-bond donors (Lipinski definition) is 3. The second-order valence-electron chi connectivity index (χ2n) is 5.54. The van der Waals surface area contributed by atoms with Crippen LogP contribution in [0.5, 0.6) is 0 Å². The highest BCUT2D eigenvalue weighted by atomic mass is 16.2. The minimum atomic E-state index is -0.209. The highest BCUT2D eigenvalue weighted by molar-refractivity contribution is 6.04. The average molecular weight is 313 g/mol. The summed E-state index contributed by atoms with van der Waals surface area (Å²) in [6.07, 6.45) is 0. The first-order chi connectivity index (χ1) is 11.1. The van der Waals surface area contributed by atoms with Gasteiger partial charge >= 0.3 is 6.03 Å². The molecule has 3 amide bonds. The Balaban J connectivity index is 1.73. The molecule has 2 heterocycles. The molecule has 23 heavy (non-hydrogen) atoms. The minimum absolute atomic E-state index is 0.118. The molecular weight excluding hydrogens is 294 g/mol. The van der Waals surface area contributed by atoms with Crippen molar-refractivity contribution in [2.45, 2.75) is 26.9 Å². The van der Waals surface area contributed by atoms with Crippen LogP contribution in [0.2, 0.25) is 0 Å². The molecule has 0 aliphatic carbocycles. The fourth-order valence-corrected chi connectivity index (χ4v) is 2.62. The quantitative estimate of drug-likeness (QED) is 0.809. The lowest BCUT2D eigenvalue weighted by Crippen LogP contribution is -2.36. The predicted molar refractivity (Wildman–Crippen MR) is 86.0 cm³/mol. The number of hydrogen-bond acceptors (Lipinski definition) is 3. The van der Waals surface area contributed by atoms with Gasteiger partial charge < -0.3 is 15.5 Å². The van der Waals surface area contributed by atoms with Crippen LogP contribution in [0.1, 0.15) is 34.1 Å². The summed E-state index contributed by atoms with van der Waals surface area (Å²) in [6.45, 7) is 5.30. The second kappa shape index (κ2) is 6.12. The van der Waals surface area contributed by atoms with Crippen molar-refractivity contribution in [3.63, 3.8) is 0 Å². The number of aromatic amines is 1. The lowest BCUT2D eigenvalue weighted by atomic mass is 10.1. The molecule has 0 spiro atoms. The van der Waals surface area contributed by atoms with Gasteiger partial charge in [-0.2, -0.15) is 5.10 Å². The van der Waals surface area contributed by atoms with Crippen molar-refractivity contribution in [3.05, 3.63) is 46.6 Å². The molecular formula is C16H19N5O2. The summed E-state index contributed by atoms with van der Waals surface area (Å²) >= 11 is 0. The van der Waals surface area contributed by atoms with Gasteiger partial charge in [0.05, 0.1) is 18.8 Å². The molecule has 7 nitrogen and oxygen atoms in total. The molecule has 1 aliphatic rings. The molecule has 3 N–H and O–H groups in total. The molecule has 120 valence electrons. The Labute approximate surface area is 134 Å². The lowest BCUT2D eigenvalue weighted by molar-refractivity contribution is 0.102. The fraction of sp³-hybridized carbons (Fsp3) is 0.312. The van der Waals surface area contributed by atoms with E-state index in [0.29, 0.717) is 31.0 Å². The minimum Gasteiger partial charge on any atom is -0.338 e. The molecule has 0 saturated heterocycles. The first-order valence-corrected chi connectivity index (χ1v) is 7.55. The van der Waals surface area contributed by atoms with E-state index in [9.17, 15) is 9.59 Å². The van der Waals surface area contributed by atoms with Crippen LogP contribution in [0.25, 0.3) is 0 Å². The number of H-pyrrole nitrogens is 1. The van der Waals surface area contributed by atoms with Gasteiger partial charge in [-0.05, 0) is 26.0 Å². The number of carbonyl (C=O) groups excluding carboxylic acids is 2. The van der Waals surface area contributed by atoms with Crippen molar-refractivity contribution in [3.8, 4) is 0 Å². The number of nitrogens with one attached hydrogen (secondary N) is 3. The summed E-state index contributed by atoms with van der Waals surface area (Å²) in [4.78, 5) is 25.9. The van der Waals surface area contributed by atoms with Gasteiger partial charge in [-0.25, -0.2) is 4.79 Å². The number of benzene rings is 1. The van der Waals surface area contributed by atoms with Crippen molar-refractivity contribution in [2.24, 2.45) is 0 Å². The smallest absolute Gasteiger partial charge is 0.318 e. The third-order valence-electron chi connectivity index (χ3n) is 3.78. The molecule has 0 saturated carbocycles. The number of anilines is 1. The zero-order valence-corrected chi connectivity index (χ0v) is 13.1. The Morgan fingerprint density at radius 3 is 2.91 bits per heavy atom. The predicted octanol–water partition coefficient (Wildman–Crippen LogP) is 2.02. The number of aromatic nitrogens is 2. The van der Waals surface area contributed by atoms with Gasteiger partial charge in [0, 0.05) is 17.7 Å². The molecule has 7 heteroatoms. The summed E-state index contributed by atoms with van der Waals surface area (Å²) in [6, 6.07) is 7.25. The number of rotatable bonds is 3. The summed E-state index contributed by atoms with van der Waals surface area (Å²) < 4.78 is 0. The van der Waals surface area contributed by atoms with E-state index >= 15 is 0 Å². The summed E-state index contributed by atoms with van der Waals surface area (Å²) in [5.74, 6) is 0.276. The van der Waals surface area contributed by atoms with E-state index in [-0.39, 0.29) is 11.9 Å². The number of urea groups is 1. The fourth-order valence-electron chi connectivity index (χ4n) is 2.62. The van der Waals surface area contributed by atoms with E-state index in [2.05, 4.69) is 20.8 Å². The zero-order chi connectivity index (χ0) is 16.4. The van der Waals surface area contributed by atoms with Gasteiger partial charge in [0.1, 0.15) is 0 Å². The molecule has 1 aliphatic heterocycles. The number of nitrogens with zero attached hydrogens (tertiary/aromatic N) is 2. The Kier molecular flexibility index (Phi) is 4.01. The lowest BCUT2D eigenvalue weighted by Gasteiger charge is -2.15. The molecule has 3 rings (SSSR count). The zero-order valence-electron chi connectivity index (χ0n) is 13.1. The van der Waals surface area contributed by atoms with E-state index in [0.717, 1.165) is 16.8 Å². The number of aryl methyl sites for hydroxylation is 1. The van der Waals surface area contributed by atoms with Gasteiger partial charge in [0.15, 0.2) is 5.82 Å². The van der Waals surface area contributed by atoms with E-state index in [1.54, 1.807) is 11.0 Å². The third-order valence-corrected chi connectivity index (χ3v) is 3.78. The van der Waals surface area contributed by atoms with Gasteiger partial charge in [-0.1, -0.05) is 17.7 Å². The van der Waals surface area contributed by atoms with Crippen molar-refractivity contribution < 1.29 is 9.59 Å². The standard InChI is InChI=1S/C16H19N5O2/c1-3-17-16(23)21-8-12-13(9-21)19-20-14(12)18-15(22)11-6-4-5-10(2)7-11/h4-7H,3,8-9H2,1-2H3,(H,17,23)(H2,18,19,20,22). The van der Waals surface area contributed by atoms with Crippen LogP contribution in [-0.2, 0) is 13.1 Å². The highest BCUT2D eigenvalue weighted by Gasteiger charge is 2.28. The van der Waals surface area contributed by atoms with Gasteiger partial charge in [-0.15, -0.1) is 0 Å². The highest BCUT2D eigenvalue weighted by Crippen LogP contribution is 2.27. The van der Waals surface area contributed by atoms with Crippen LogP contribution in [0.4, 0.5) is 10.6 Å². The van der Waals surface area contributed by atoms with Crippen LogP contribution in [-0.4, -0.2) is 33.6 Å². The van der Waals surface area contributed by atoms with E-state index in [1.165, 1.54) is 0 Å². The van der Waals surface area contributed by atoms with Crippen molar-refractivity contribution in [1.29, 1.82) is 0 Å². The number of amides is 3. The van der Waals surface area contributed by atoms with E-state index in [4.69, 9.17) is 0 Å². The normalized spacial score (nSPS) is 12.9. The van der Waals surface area contributed by atoms with Crippen molar-refractivity contribution in [1.82, 2.24) is 20.4 Å². The van der Waals surface area contributed by atoms with Gasteiger partial charge in [-0.3, -0.25) is 9.89 Å². The van der Waals surface area contributed by atoms with Crippen molar-refractivity contribution >= 4 is 17.8 Å². The molecule has 0 unspecified atom stereocenters. The van der Waals surface area contributed by atoms with Crippen molar-refractivity contribution in [2.75, 3.05) is 11.9 Å². The summed E-state index contributed by atoms with van der Waals surface area (Å²) in [7, 11) is 0. The van der Waals surface area contributed by atoms with Crippen LogP contribution in [0.15, 0.2) is 24.3 Å². The average Bonchev–Trinajstić information content (AvgIpc) is 3.09. The maximum atomic E-state index is 12.3. The van der Waals surface area contributed by atoms with Gasteiger partial charge in [0.2, 0.25) is 0 Å². The van der Waals surface area contributed by atoms with E-state index in [1.807, 2.05) is 32.0 Å². The van der Waals surface area contributed by atoms with Crippen LogP contribution < -0.4 is 10.6 Å². The largest absolute Gasteiger partial charge is 0.338 e. The first-order valence-electron chi connectivity index (χ1n) is 7.55. The maximum absolute atomic E-state index is 12.3. The molecule has 1 aromatic carbocycles. The summed E-state index contributed by atoms with van der Waals surface area (Å²) in [5, 5.41) is 12.6. The molecule has 1 aromatic heterocycles.